The summed E-state index contributed by atoms with van der Waals surface area (Å²) >= 11 is 1.71. The molecular weight excluding hydrogens is 212 g/mol. The third kappa shape index (κ3) is 4.66. The van der Waals surface area contributed by atoms with Crippen molar-refractivity contribution >= 4 is 11.8 Å². The molecule has 1 aromatic rings. The van der Waals surface area contributed by atoms with Crippen LogP contribution >= 0.6 is 11.8 Å². The smallest absolute Gasteiger partial charge is 0.236 e. The van der Waals surface area contributed by atoms with Gasteiger partial charge in [-0.15, -0.1) is 0 Å². The highest BCUT2D eigenvalue weighted by molar-refractivity contribution is 7.98. The van der Waals surface area contributed by atoms with Crippen LogP contribution < -0.4 is 0 Å². The molecule has 0 saturated heterocycles. The quantitative estimate of drug-likeness (QED) is 0.775. The summed E-state index contributed by atoms with van der Waals surface area (Å²) in [7, 11) is 0. The van der Waals surface area contributed by atoms with Crippen molar-refractivity contribution in [3.8, 4) is 0 Å². The molecule has 1 aromatic heterocycles. The SMILES string of the molecule is CCCc1noc(CSCC(C)CO)n1. The van der Waals surface area contributed by atoms with Crippen LogP contribution in [0.15, 0.2) is 4.52 Å². The van der Waals surface area contributed by atoms with E-state index in [2.05, 4.69) is 17.1 Å². The lowest BCUT2D eigenvalue weighted by Gasteiger charge is -2.04. The van der Waals surface area contributed by atoms with Crippen LogP contribution in [-0.2, 0) is 12.2 Å². The molecule has 0 amide bonds. The molecule has 1 rings (SSSR count). The van der Waals surface area contributed by atoms with E-state index >= 15 is 0 Å². The van der Waals surface area contributed by atoms with E-state index in [1.165, 1.54) is 0 Å². The summed E-state index contributed by atoms with van der Waals surface area (Å²) in [6, 6.07) is 0. The lowest BCUT2D eigenvalue weighted by Crippen LogP contribution is -2.03. The number of hydrogen-bond donors (Lipinski definition) is 1. The van der Waals surface area contributed by atoms with Crippen molar-refractivity contribution in [3.63, 3.8) is 0 Å². The van der Waals surface area contributed by atoms with Crippen LogP contribution in [0.1, 0.15) is 32.0 Å². The molecule has 0 aliphatic rings. The Bertz CT molecular complexity index is 278. The van der Waals surface area contributed by atoms with E-state index in [0.717, 1.165) is 30.2 Å². The number of hydrogen-bond acceptors (Lipinski definition) is 5. The summed E-state index contributed by atoms with van der Waals surface area (Å²) < 4.78 is 5.09. The van der Waals surface area contributed by atoms with Crippen LogP contribution in [0.5, 0.6) is 0 Å². The molecular formula is C10H18N2O2S. The molecule has 0 saturated carbocycles. The summed E-state index contributed by atoms with van der Waals surface area (Å²) in [6.07, 6.45) is 1.91. The van der Waals surface area contributed by atoms with Gasteiger partial charge in [-0.2, -0.15) is 16.7 Å². The number of aliphatic hydroxyl groups is 1. The molecule has 0 bridgehead atoms. The number of thioether (sulfide) groups is 1. The fourth-order valence-electron chi connectivity index (χ4n) is 1.07. The van der Waals surface area contributed by atoms with Gasteiger partial charge in [-0.25, -0.2) is 0 Å². The summed E-state index contributed by atoms with van der Waals surface area (Å²) in [6.45, 7) is 4.34. The third-order valence-corrected chi connectivity index (χ3v) is 3.18. The van der Waals surface area contributed by atoms with Gasteiger partial charge in [0.1, 0.15) is 0 Å². The van der Waals surface area contributed by atoms with Crippen LogP contribution in [0.4, 0.5) is 0 Å². The summed E-state index contributed by atoms with van der Waals surface area (Å²) in [5, 5.41) is 12.7. The Hall–Kier alpha value is -0.550. The van der Waals surface area contributed by atoms with Gasteiger partial charge in [0.05, 0.1) is 5.75 Å². The molecule has 1 N–H and O–H groups in total. The predicted molar refractivity (Wildman–Crippen MR) is 60.7 cm³/mol. The highest BCUT2D eigenvalue weighted by Gasteiger charge is 2.06. The first kappa shape index (κ1) is 12.5. The van der Waals surface area contributed by atoms with Gasteiger partial charge in [0, 0.05) is 13.0 Å². The fraction of sp³-hybridized carbons (Fsp3) is 0.800. The minimum absolute atomic E-state index is 0.234. The van der Waals surface area contributed by atoms with E-state index in [1.807, 2.05) is 6.92 Å². The Kier molecular flexibility index (Phi) is 5.71. The molecule has 1 atom stereocenters. The fourth-order valence-corrected chi connectivity index (χ4v) is 1.99. The van der Waals surface area contributed by atoms with Crippen LogP contribution in [-0.4, -0.2) is 27.6 Å². The average Bonchev–Trinajstić information content (AvgIpc) is 2.66. The van der Waals surface area contributed by atoms with Crippen molar-refractivity contribution in [2.24, 2.45) is 5.92 Å². The zero-order chi connectivity index (χ0) is 11.1. The largest absolute Gasteiger partial charge is 0.396 e. The van der Waals surface area contributed by atoms with Crippen LogP contribution in [0, 0.1) is 5.92 Å². The Balaban J connectivity index is 2.25. The van der Waals surface area contributed by atoms with Crippen LogP contribution in [0.3, 0.4) is 0 Å². The van der Waals surface area contributed by atoms with Crippen molar-refractivity contribution < 1.29 is 9.63 Å². The molecule has 0 radical (unpaired) electrons. The van der Waals surface area contributed by atoms with Crippen molar-refractivity contribution in [3.05, 3.63) is 11.7 Å². The maximum absolute atomic E-state index is 8.84. The van der Waals surface area contributed by atoms with Gasteiger partial charge in [-0.3, -0.25) is 0 Å². The molecule has 86 valence electrons. The van der Waals surface area contributed by atoms with Gasteiger partial charge in [-0.05, 0) is 18.1 Å². The first-order chi connectivity index (χ1) is 7.26. The number of aryl methyl sites for hydroxylation is 1. The third-order valence-electron chi connectivity index (χ3n) is 1.92. The lowest BCUT2D eigenvalue weighted by atomic mass is 10.2. The minimum Gasteiger partial charge on any atom is -0.396 e. The molecule has 1 unspecified atom stereocenters. The number of rotatable bonds is 7. The maximum Gasteiger partial charge on any atom is 0.236 e. The lowest BCUT2D eigenvalue weighted by molar-refractivity contribution is 0.250. The number of aromatic nitrogens is 2. The van der Waals surface area contributed by atoms with Crippen molar-refractivity contribution in [2.75, 3.05) is 12.4 Å². The van der Waals surface area contributed by atoms with Gasteiger partial charge in [0.15, 0.2) is 5.82 Å². The molecule has 0 spiro atoms. The Labute approximate surface area is 94.5 Å². The number of nitrogens with zero attached hydrogens (tertiary/aromatic N) is 2. The first-order valence-corrected chi connectivity index (χ1v) is 6.41. The molecule has 4 nitrogen and oxygen atoms in total. The van der Waals surface area contributed by atoms with Gasteiger partial charge < -0.3 is 9.63 Å². The maximum atomic E-state index is 8.84. The summed E-state index contributed by atoms with van der Waals surface area (Å²) in [4.78, 5) is 4.26. The van der Waals surface area contributed by atoms with E-state index < -0.39 is 0 Å². The molecule has 0 fully saturated rings. The van der Waals surface area contributed by atoms with Crippen LogP contribution in [0.2, 0.25) is 0 Å². The normalized spacial score (nSPS) is 13.0. The zero-order valence-corrected chi connectivity index (χ0v) is 10.1. The first-order valence-electron chi connectivity index (χ1n) is 5.26. The molecule has 1 heterocycles. The van der Waals surface area contributed by atoms with Gasteiger partial charge in [-0.1, -0.05) is 19.0 Å². The van der Waals surface area contributed by atoms with Gasteiger partial charge in [0.2, 0.25) is 5.89 Å². The van der Waals surface area contributed by atoms with E-state index in [1.54, 1.807) is 11.8 Å². The van der Waals surface area contributed by atoms with Crippen molar-refractivity contribution in [1.82, 2.24) is 10.1 Å². The molecule has 5 heteroatoms. The van der Waals surface area contributed by atoms with E-state index in [4.69, 9.17) is 9.63 Å². The average molecular weight is 230 g/mol. The molecule has 0 aliphatic carbocycles. The second-order valence-electron chi connectivity index (χ2n) is 3.66. The van der Waals surface area contributed by atoms with Crippen molar-refractivity contribution in [1.29, 1.82) is 0 Å². The Morgan fingerprint density at radius 2 is 2.33 bits per heavy atom. The highest BCUT2D eigenvalue weighted by atomic mass is 32.2. The Morgan fingerprint density at radius 3 is 3.00 bits per heavy atom. The van der Waals surface area contributed by atoms with E-state index in [-0.39, 0.29) is 6.61 Å². The second-order valence-corrected chi connectivity index (χ2v) is 4.69. The zero-order valence-electron chi connectivity index (χ0n) is 9.27. The molecule has 15 heavy (non-hydrogen) atoms. The van der Waals surface area contributed by atoms with Gasteiger partial charge in [0.25, 0.3) is 0 Å². The minimum atomic E-state index is 0.234. The highest BCUT2D eigenvalue weighted by Crippen LogP contribution is 2.14. The monoisotopic (exact) mass is 230 g/mol. The summed E-state index contributed by atoms with van der Waals surface area (Å²) in [5.74, 6) is 3.47. The topological polar surface area (TPSA) is 59.2 Å². The van der Waals surface area contributed by atoms with Crippen LogP contribution in [0.25, 0.3) is 0 Å². The summed E-state index contributed by atoms with van der Waals surface area (Å²) in [5.41, 5.74) is 0. The van der Waals surface area contributed by atoms with E-state index in [0.29, 0.717) is 11.8 Å². The van der Waals surface area contributed by atoms with Gasteiger partial charge >= 0.3 is 0 Å². The molecule has 0 aromatic carbocycles. The molecule has 0 aliphatic heterocycles. The number of aliphatic hydroxyl groups excluding tert-OH is 1. The van der Waals surface area contributed by atoms with Crippen molar-refractivity contribution in [2.45, 2.75) is 32.4 Å². The second kappa shape index (κ2) is 6.85. The Morgan fingerprint density at radius 1 is 1.53 bits per heavy atom. The predicted octanol–water partition coefficient (Wildman–Crippen LogP) is 1.88. The van der Waals surface area contributed by atoms with E-state index in [9.17, 15) is 0 Å². The standard InChI is InChI=1S/C10H18N2O2S/c1-3-4-9-11-10(14-12-9)7-15-6-8(2)5-13/h8,13H,3-7H2,1-2H3.